The number of imide groups is 1. The number of benzene rings is 1. The molecule has 0 spiro atoms. The zero-order valence-corrected chi connectivity index (χ0v) is 12.0. The van der Waals surface area contributed by atoms with Crippen LogP contribution >= 0.6 is 0 Å². The molecule has 0 N–H and O–H groups in total. The van der Waals surface area contributed by atoms with E-state index in [1.54, 1.807) is 26.8 Å². The maximum Gasteiger partial charge on any atom is 0.421 e. The highest BCUT2D eigenvalue weighted by atomic mass is 16.6. The number of fused-ring (bicyclic) bond motifs is 1. The predicted molar refractivity (Wildman–Crippen MR) is 73.2 cm³/mol. The largest absolute Gasteiger partial charge is 0.443 e. The second-order valence-electron chi connectivity index (χ2n) is 6.26. The molecule has 1 aromatic rings. The van der Waals surface area contributed by atoms with E-state index in [9.17, 15) is 9.59 Å². The van der Waals surface area contributed by atoms with Crippen molar-refractivity contribution in [2.45, 2.75) is 45.6 Å². The highest BCUT2D eigenvalue weighted by Crippen LogP contribution is 2.41. The molecule has 4 heteroatoms. The molecular weight excluding hydrogens is 242 g/mol. The summed E-state index contributed by atoms with van der Waals surface area (Å²) in [7, 11) is 0. The lowest BCUT2D eigenvalue weighted by molar-refractivity contribution is -0.121. The first-order chi connectivity index (χ1) is 8.64. The average molecular weight is 261 g/mol. The molecule has 2 amide bonds. The van der Waals surface area contributed by atoms with Crippen molar-refractivity contribution in [1.82, 2.24) is 0 Å². The van der Waals surface area contributed by atoms with Gasteiger partial charge in [0.05, 0.1) is 11.1 Å². The van der Waals surface area contributed by atoms with Gasteiger partial charge in [-0.2, -0.15) is 0 Å². The summed E-state index contributed by atoms with van der Waals surface area (Å²) in [6.45, 7) is 8.98. The summed E-state index contributed by atoms with van der Waals surface area (Å²) in [6, 6.07) is 7.32. The number of hydrogen-bond donors (Lipinski definition) is 0. The number of anilines is 1. The SMILES string of the molecule is CC(C)(C)OC(=O)N1C(=O)C(C)(C)c2ccccc21. The minimum atomic E-state index is -0.701. The second kappa shape index (κ2) is 4.08. The first-order valence-corrected chi connectivity index (χ1v) is 6.31. The van der Waals surface area contributed by atoms with Crippen LogP contribution in [-0.4, -0.2) is 17.6 Å². The van der Waals surface area contributed by atoms with E-state index in [0.29, 0.717) is 5.69 Å². The van der Waals surface area contributed by atoms with Gasteiger partial charge in [-0.1, -0.05) is 18.2 Å². The van der Waals surface area contributed by atoms with Gasteiger partial charge in [0.15, 0.2) is 0 Å². The zero-order valence-electron chi connectivity index (χ0n) is 12.0. The van der Waals surface area contributed by atoms with Crippen LogP contribution in [0.1, 0.15) is 40.2 Å². The molecule has 0 atom stereocenters. The summed E-state index contributed by atoms with van der Waals surface area (Å²) in [6.07, 6.45) is -0.615. The Morgan fingerprint density at radius 3 is 2.37 bits per heavy atom. The highest BCUT2D eigenvalue weighted by Gasteiger charge is 2.47. The van der Waals surface area contributed by atoms with E-state index < -0.39 is 17.1 Å². The molecular formula is C15H19NO3. The fraction of sp³-hybridized carbons (Fsp3) is 0.467. The molecule has 0 saturated carbocycles. The number of hydrogen-bond acceptors (Lipinski definition) is 3. The third-order valence-corrected chi connectivity index (χ3v) is 3.13. The minimum Gasteiger partial charge on any atom is -0.443 e. The Morgan fingerprint density at radius 1 is 1.21 bits per heavy atom. The summed E-state index contributed by atoms with van der Waals surface area (Å²) in [5.74, 6) is -0.247. The first kappa shape index (κ1) is 13.6. The van der Waals surface area contributed by atoms with Gasteiger partial charge in [-0.25, -0.2) is 9.69 Å². The first-order valence-electron chi connectivity index (χ1n) is 6.31. The van der Waals surface area contributed by atoms with Crippen LogP contribution in [0.25, 0.3) is 0 Å². The zero-order chi connectivity index (χ0) is 14.4. The molecule has 0 bridgehead atoms. The summed E-state index contributed by atoms with van der Waals surface area (Å²) in [5.41, 5.74) is 0.143. The molecule has 0 aliphatic carbocycles. The van der Waals surface area contributed by atoms with Crippen molar-refractivity contribution in [3.8, 4) is 0 Å². The fourth-order valence-corrected chi connectivity index (χ4v) is 2.19. The van der Waals surface area contributed by atoms with Crippen LogP contribution in [0.2, 0.25) is 0 Å². The Kier molecular flexibility index (Phi) is 2.92. The van der Waals surface area contributed by atoms with Gasteiger partial charge in [-0.15, -0.1) is 0 Å². The van der Waals surface area contributed by atoms with E-state index in [4.69, 9.17) is 4.74 Å². The van der Waals surface area contributed by atoms with E-state index in [0.717, 1.165) is 10.5 Å². The number of carbonyl (C=O) groups is 2. The molecule has 1 aromatic carbocycles. The summed E-state index contributed by atoms with van der Waals surface area (Å²) in [4.78, 5) is 25.8. The van der Waals surface area contributed by atoms with Crippen molar-refractivity contribution >= 4 is 17.7 Å². The molecule has 4 nitrogen and oxygen atoms in total. The van der Waals surface area contributed by atoms with Crippen LogP contribution in [0.5, 0.6) is 0 Å². The highest BCUT2D eigenvalue weighted by molar-refractivity contribution is 6.20. The van der Waals surface area contributed by atoms with Gasteiger partial charge in [0, 0.05) is 0 Å². The van der Waals surface area contributed by atoms with Crippen molar-refractivity contribution in [3.63, 3.8) is 0 Å². The summed E-state index contributed by atoms with van der Waals surface area (Å²) in [5, 5.41) is 0. The number of rotatable bonds is 0. The van der Waals surface area contributed by atoms with Gasteiger partial charge in [0.1, 0.15) is 5.60 Å². The second-order valence-corrected chi connectivity index (χ2v) is 6.26. The quantitative estimate of drug-likeness (QED) is 0.720. The summed E-state index contributed by atoms with van der Waals surface area (Å²) >= 11 is 0. The van der Waals surface area contributed by atoms with Gasteiger partial charge in [-0.05, 0) is 46.2 Å². The number of nitrogens with zero attached hydrogens (tertiary/aromatic N) is 1. The van der Waals surface area contributed by atoms with Crippen molar-refractivity contribution in [1.29, 1.82) is 0 Å². The molecule has 19 heavy (non-hydrogen) atoms. The molecule has 2 rings (SSSR count). The smallest absolute Gasteiger partial charge is 0.421 e. The lowest BCUT2D eigenvalue weighted by Crippen LogP contribution is -2.43. The molecule has 1 heterocycles. The fourth-order valence-electron chi connectivity index (χ4n) is 2.19. The van der Waals surface area contributed by atoms with Gasteiger partial charge >= 0.3 is 6.09 Å². The molecule has 0 radical (unpaired) electrons. The Morgan fingerprint density at radius 2 is 1.79 bits per heavy atom. The van der Waals surface area contributed by atoms with Crippen LogP contribution < -0.4 is 4.90 Å². The third kappa shape index (κ3) is 2.23. The lowest BCUT2D eigenvalue weighted by atomic mass is 9.86. The van der Waals surface area contributed by atoms with Crippen LogP contribution in [0.4, 0.5) is 10.5 Å². The third-order valence-electron chi connectivity index (χ3n) is 3.13. The topological polar surface area (TPSA) is 46.6 Å². The number of carbonyl (C=O) groups excluding carboxylic acids is 2. The van der Waals surface area contributed by atoms with Crippen LogP contribution in [0, 0.1) is 0 Å². The average Bonchev–Trinajstić information content (AvgIpc) is 2.46. The van der Waals surface area contributed by atoms with Gasteiger partial charge in [0.25, 0.3) is 0 Å². The molecule has 0 aromatic heterocycles. The Labute approximate surface area is 113 Å². The number of ether oxygens (including phenoxy) is 1. The van der Waals surface area contributed by atoms with E-state index in [-0.39, 0.29) is 5.91 Å². The van der Waals surface area contributed by atoms with Gasteiger partial charge < -0.3 is 4.74 Å². The standard InChI is InChI=1S/C15H19NO3/c1-14(2,3)19-13(18)16-11-9-7-6-8-10(11)15(4,5)12(16)17/h6-9H,1-5H3. The van der Waals surface area contributed by atoms with Crippen molar-refractivity contribution in [3.05, 3.63) is 29.8 Å². The van der Waals surface area contributed by atoms with Gasteiger partial charge in [-0.3, -0.25) is 4.79 Å². The predicted octanol–water partition coefficient (Wildman–Crippen LogP) is 3.25. The van der Waals surface area contributed by atoms with Crippen LogP contribution in [0.3, 0.4) is 0 Å². The van der Waals surface area contributed by atoms with Crippen molar-refractivity contribution in [2.75, 3.05) is 4.90 Å². The molecule has 1 aliphatic heterocycles. The van der Waals surface area contributed by atoms with Crippen molar-refractivity contribution in [2.24, 2.45) is 0 Å². The Bertz CT molecular complexity index is 541. The lowest BCUT2D eigenvalue weighted by Gasteiger charge is -2.24. The number of para-hydroxylation sites is 1. The van der Waals surface area contributed by atoms with E-state index in [2.05, 4.69) is 0 Å². The minimum absolute atomic E-state index is 0.247. The van der Waals surface area contributed by atoms with E-state index in [1.165, 1.54) is 0 Å². The Balaban J connectivity index is 2.43. The van der Waals surface area contributed by atoms with Gasteiger partial charge in [0.2, 0.25) is 5.91 Å². The molecule has 0 saturated heterocycles. The maximum absolute atomic E-state index is 12.4. The monoisotopic (exact) mass is 261 g/mol. The number of amides is 2. The molecule has 0 unspecified atom stereocenters. The normalized spacial score (nSPS) is 17.3. The Hall–Kier alpha value is -1.84. The molecule has 102 valence electrons. The van der Waals surface area contributed by atoms with Crippen molar-refractivity contribution < 1.29 is 14.3 Å². The van der Waals surface area contributed by atoms with Crippen LogP contribution in [-0.2, 0) is 14.9 Å². The molecule has 1 aliphatic rings. The van der Waals surface area contributed by atoms with Crippen LogP contribution in [0.15, 0.2) is 24.3 Å². The maximum atomic E-state index is 12.4. The molecule has 0 fully saturated rings. The van der Waals surface area contributed by atoms with E-state index in [1.807, 2.05) is 32.0 Å². The van der Waals surface area contributed by atoms with E-state index >= 15 is 0 Å². The summed E-state index contributed by atoms with van der Waals surface area (Å²) < 4.78 is 5.31.